The second-order valence-electron chi connectivity index (χ2n) is 8.93. The van der Waals surface area contributed by atoms with E-state index in [-0.39, 0.29) is 24.4 Å². The van der Waals surface area contributed by atoms with Crippen LogP contribution in [-0.4, -0.2) is 60.6 Å². The molecule has 2 aromatic rings. The van der Waals surface area contributed by atoms with E-state index in [9.17, 15) is 14.4 Å². The van der Waals surface area contributed by atoms with Gasteiger partial charge in [0.1, 0.15) is 12.3 Å². The van der Waals surface area contributed by atoms with E-state index < -0.39 is 12.1 Å². The van der Waals surface area contributed by atoms with E-state index in [0.29, 0.717) is 48.4 Å². The molecule has 9 heteroatoms. The minimum atomic E-state index is -0.626. The average Bonchev–Trinajstić information content (AvgIpc) is 3.58. The third-order valence-corrected chi connectivity index (χ3v) is 6.59. The van der Waals surface area contributed by atoms with Crippen LogP contribution >= 0.6 is 0 Å². The molecule has 0 bridgehead atoms. The first kappa shape index (κ1) is 22.2. The van der Waals surface area contributed by atoms with Crippen LogP contribution < -0.4 is 14.4 Å². The normalized spacial score (nSPS) is 21.6. The Morgan fingerprint density at radius 1 is 1.15 bits per heavy atom. The zero-order valence-corrected chi connectivity index (χ0v) is 19.2. The Morgan fingerprint density at radius 2 is 1.97 bits per heavy atom. The quantitative estimate of drug-likeness (QED) is 0.553. The minimum absolute atomic E-state index is 0.114. The number of amides is 2. The van der Waals surface area contributed by atoms with Crippen LogP contribution in [0, 0.1) is 5.92 Å². The highest BCUT2D eigenvalue weighted by atomic mass is 16.5. The van der Waals surface area contributed by atoms with E-state index >= 15 is 0 Å². The molecule has 2 aliphatic heterocycles. The molecular weight excluding hydrogens is 438 g/mol. The summed E-state index contributed by atoms with van der Waals surface area (Å²) in [6, 6.07) is 8.66. The second-order valence-corrected chi connectivity index (χ2v) is 8.93. The van der Waals surface area contributed by atoms with E-state index in [1.807, 2.05) is 19.1 Å². The van der Waals surface area contributed by atoms with Gasteiger partial charge in [-0.2, -0.15) is 0 Å². The number of carbonyl (C=O) groups excluding carboxylic acids is 3. The summed E-state index contributed by atoms with van der Waals surface area (Å²) in [5, 5.41) is 0. The van der Waals surface area contributed by atoms with Crippen molar-refractivity contribution in [3.8, 4) is 11.6 Å². The van der Waals surface area contributed by atoms with Crippen LogP contribution in [0.4, 0.5) is 5.69 Å². The van der Waals surface area contributed by atoms with Crippen LogP contribution in [0.1, 0.15) is 48.1 Å². The molecule has 1 aliphatic carbocycles. The SMILES string of the molecule is COC(=O)CN1C(=O)c2cc(N3CCC(Oc4ccc(OCC5CC5)nc4)C3=O)ccc2C1C. The molecule has 2 fully saturated rings. The summed E-state index contributed by atoms with van der Waals surface area (Å²) in [4.78, 5) is 45.0. The first-order valence-corrected chi connectivity index (χ1v) is 11.5. The molecule has 9 nitrogen and oxygen atoms in total. The third-order valence-electron chi connectivity index (χ3n) is 6.59. The first-order valence-electron chi connectivity index (χ1n) is 11.5. The number of aromatic nitrogens is 1. The maximum Gasteiger partial charge on any atom is 0.325 e. The topological polar surface area (TPSA) is 98.3 Å². The fourth-order valence-electron chi connectivity index (χ4n) is 4.37. The summed E-state index contributed by atoms with van der Waals surface area (Å²) >= 11 is 0. The van der Waals surface area contributed by atoms with E-state index in [1.54, 1.807) is 29.3 Å². The predicted octanol–water partition coefficient (Wildman–Crippen LogP) is 2.74. The van der Waals surface area contributed by atoms with Crippen molar-refractivity contribution in [2.75, 3.05) is 31.7 Å². The van der Waals surface area contributed by atoms with Crippen molar-refractivity contribution in [1.82, 2.24) is 9.88 Å². The average molecular weight is 466 g/mol. The molecule has 0 N–H and O–H groups in total. The standard InChI is InChI=1S/C25H27N3O6/c1-15-19-7-5-17(11-20(19)24(30)28(15)13-23(29)32-2)27-10-9-21(25(27)31)34-18-6-8-22(26-12-18)33-14-16-3-4-16/h5-8,11-12,15-16,21H,3-4,9-10,13-14H2,1-2H3. The molecule has 2 atom stereocenters. The van der Waals surface area contributed by atoms with Crippen LogP contribution in [0.25, 0.3) is 0 Å². The number of carbonyl (C=O) groups is 3. The molecule has 1 saturated carbocycles. The highest BCUT2D eigenvalue weighted by Crippen LogP contribution is 2.36. The predicted molar refractivity (Wildman–Crippen MR) is 122 cm³/mol. The number of hydrogen-bond acceptors (Lipinski definition) is 7. The Hall–Kier alpha value is -3.62. The fraction of sp³-hybridized carbons (Fsp3) is 0.440. The number of rotatable bonds is 8. The molecule has 3 aliphatic rings. The zero-order chi connectivity index (χ0) is 23.8. The molecule has 0 radical (unpaired) electrons. The molecule has 1 saturated heterocycles. The number of hydrogen-bond donors (Lipinski definition) is 0. The summed E-state index contributed by atoms with van der Waals surface area (Å²) in [5.41, 5.74) is 1.96. The van der Waals surface area contributed by atoms with Crippen LogP contribution in [0.5, 0.6) is 11.6 Å². The van der Waals surface area contributed by atoms with Crippen molar-refractivity contribution in [1.29, 1.82) is 0 Å². The maximum atomic E-state index is 13.1. The summed E-state index contributed by atoms with van der Waals surface area (Å²) in [7, 11) is 1.30. The van der Waals surface area contributed by atoms with Gasteiger partial charge in [0.2, 0.25) is 5.88 Å². The fourth-order valence-corrected chi connectivity index (χ4v) is 4.37. The van der Waals surface area contributed by atoms with Crippen molar-refractivity contribution in [2.45, 2.75) is 38.3 Å². The van der Waals surface area contributed by atoms with Gasteiger partial charge < -0.3 is 24.0 Å². The Balaban J connectivity index is 1.24. The number of pyridine rings is 1. The second kappa shape index (κ2) is 8.96. The first-order chi connectivity index (χ1) is 16.4. The molecule has 2 unspecified atom stereocenters. The number of ether oxygens (including phenoxy) is 3. The Bertz CT molecular complexity index is 1110. The summed E-state index contributed by atoms with van der Waals surface area (Å²) < 4.78 is 16.2. The van der Waals surface area contributed by atoms with Gasteiger partial charge in [0, 0.05) is 30.3 Å². The number of fused-ring (bicyclic) bond motifs is 1. The Morgan fingerprint density at radius 3 is 2.68 bits per heavy atom. The van der Waals surface area contributed by atoms with E-state index in [1.165, 1.54) is 24.9 Å². The van der Waals surface area contributed by atoms with E-state index in [2.05, 4.69) is 4.98 Å². The highest BCUT2D eigenvalue weighted by Gasteiger charge is 2.38. The molecule has 34 heavy (non-hydrogen) atoms. The van der Waals surface area contributed by atoms with Crippen molar-refractivity contribution < 1.29 is 28.6 Å². The lowest BCUT2D eigenvalue weighted by Crippen LogP contribution is -2.33. The van der Waals surface area contributed by atoms with E-state index in [0.717, 1.165) is 5.56 Å². The monoisotopic (exact) mass is 465 g/mol. The zero-order valence-electron chi connectivity index (χ0n) is 19.2. The van der Waals surface area contributed by atoms with Gasteiger partial charge in [-0.1, -0.05) is 6.07 Å². The lowest BCUT2D eigenvalue weighted by atomic mass is 10.0. The van der Waals surface area contributed by atoms with E-state index in [4.69, 9.17) is 14.2 Å². The van der Waals surface area contributed by atoms with Crippen molar-refractivity contribution >= 4 is 23.5 Å². The van der Waals surface area contributed by atoms with Gasteiger partial charge in [-0.3, -0.25) is 14.4 Å². The van der Waals surface area contributed by atoms with Gasteiger partial charge in [-0.05, 0) is 49.4 Å². The lowest BCUT2D eigenvalue weighted by Gasteiger charge is -2.20. The number of nitrogens with zero attached hydrogens (tertiary/aromatic N) is 3. The Labute approximate surface area is 197 Å². The van der Waals surface area contributed by atoms with Gasteiger partial charge in [0.15, 0.2) is 6.10 Å². The number of anilines is 1. The molecular formula is C25H27N3O6. The van der Waals surface area contributed by atoms with Crippen LogP contribution in [-0.2, 0) is 14.3 Å². The van der Waals surface area contributed by atoms with Gasteiger partial charge in [-0.25, -0.2) is 4.98 Å². The van der Waals surface area contributed by atoms with Crippen molar-refractivity contribution in [3.05, 3.63) is 47.7 Å². The van der Waals surface area contributed by atoms with Crippen LogP contribution in [0.3, 0.4) is 0 Å². The summed E-state index contributed by atoms with van der Waals surface area (Å²) in [5.74, 6) is 0.823. The van der Waals surface area contributed by atoms with Crippen LogP contribution in [0.2, 0.25) is 0 Å². The minimum Gasteiger partial charge on any atom is -0.479 e. The highest BCUT2D eigenvalue weighted by molar-refractivity contribution is 6.04. The third kappa shape index (κ3) is 4.30. The lowest BCUT2D eigenvalue weighted by molar-refractivity contribution is -0.141. The molecule has 1 aromatic heterocycles. The van der Waals surface area contributed by atoms with Crippen molar-refractivity contribution in [2.24, 2.45) is 5.92 Å². The molecule has 2 amide bonds. The van der Waals surface area contributed by atoms with Gasteiger partial charge in [0.05, 0.1) is 26.0 Å². The maximum absolute atomic E-state index is 13.1. The van der Waals surface area contributed by atoms with Crippen LogP contribution in [0.15, 0.2) is 36.5 Å². The van der Waals surface area contributed by atoms with Gasteiger partial charge >= 0.3 is 5.97 Å². The number of esters is 1. The largest absolute Gasteiger partial charge is 0.479 e. The summed E-state index contributed by atoms with van der Waals surface area (Å²) in [6.07, 6.45) is 3.90. The molecule has 0 spiro atoms. The number of benzene rings is 1. The van der Waals surface area contributed by atoms with Crippen molar-refractivity contribution in [3.63, 3.8) is 0 Å². The molecule has 5 rings (SSSR count). The summed E-state index contributed by atoms with van der Waals surface area (Å²) in [6.45, 7) is 2.92. The molecule has 1 aromatic carbocycles. The molecule has 178 valence electrons. The molecule has 3 heterocycles. The Kier molecular flexibility index (Phi) is 5.85. The number of methoxy groups -OCH3 is 1. The van der Waals surface area contributed by atoms with Gasteiger partial charge in [0.25, 0.3) is 11.8 Å². The van der Waals surface area contributed by atoms with Gasteiger partial charge in [-0.15, -0.1) is 0 Å². The smallest absolute Gasteiger partial charge is 0.325 e.